The third kappa shape index (κ3) is 4.26. The highest BCUT2D eigenvalue weighted by Gasteiger charge is 2.38. The second kappa shape index (κ2) is 9.53. The molecule has 1 fully saturated rings. The molecule has 5 rings (SSSR count). The van der Waals surface area contributed by atoms with Crippen molar-refractivity contribution in [2.45, 2.75) is 76.3 Å². The number of imidazole rings is 1. The van der Waals surface area contributed by atoms with E-state index >= 15 is 0 Å². The number of H-pyrrole nitrogens is 1. The Morgan fingerprint density at radius 2 is 1.94 bits per heavy atom. The van der Waals surface area contributed by atoms with Crippen molar-refractivity contribution in [1.82, 2.24) is 19.4 Å². The molecule has 5 heteroatoms. The minimum absolute atomic E-state index is 0.165. The lowest BCUT2D eigenvalue weighted by atomic mass is 9.72. The maximum atomic E-state index is 14.3. The number of hydrogen-bond acceptors (Lipinski definition) is 2. The van der Waals surface area contributed by atoms with Gasteiger partial charge in [0.15, 0.2) is 0 Å². The molecule has 34 heavy (non-hydrogen) atoms. The van der Waals surface area contributed by atoms with Crippen LogP contribution in [0.3, 0.4) is 0 Å². The highest BCUT2D eigenvalue weighted by atomic mass is 19.1. The number of rotatable bonds is 8. The summed E-state index contributed by atoms with van der Waals surface area (Å²) in [5, 5.41) is 1.04. The van der Waals surface area contributed by atoms with Gasteiger partial charge in [-0.2, -0.15) is 0 Å². The molecule has 1 N–H and O–H groups in total. The van der Waals surface area contributed by atoms with Gasteiger partial charge in [-0.3, -0.25) is 0 Å². The average molecular weight is 461 g/mol. The van der Waals surface area contributed by atoms with Crippen LogP contribution in [0.2, 0.25) is 0 Å². The zero-order chi connectivity index (χ0) is 23.7. The summed E-state index contributed by atoms with van der Waals surface area (Å²) in [5.74, 6) is 0.335. The van der Waals surface area contributed by atoms with Crippen molar-refractivity contribution >= 4 is 21.9 Å². The molecule has 0 bridgehead atoms. The van der Waals surface area contributed by atoms with Crippen molar-refractivity contribution < 1.29 is 4.39 Å². The van der Waals surface area contributed by atoms with Gasteiger partial charge in [-0.15, -0.1) is 0 Å². The number of hydrogen-bond donors (Lipinski definition) is 1. The maximum absolute atomic E-state index is 14.3. The molecule has 1 aliphatic rings. The molecular weight excluding hydrogens is 423 g/mol. The minimum Gasteiger partial charge on any atom is -0.358 e. The van der Waals surface area contributed by atoms with Gasteiger partial charge in [0, 0.05) is 28.7 Å². The Hall–Kier alpha value is -2.66. The van der Waals surface area contributed by atoms with Crippen molar-refractivity contribution in [2.75, 3.05) is 14.1 Å². The average Bonchev–Trinajstić information content (AvgIpc) is 3.42. The summed E-state index contributed by atoms with van der Waals surface area (Å²) in [6.07, 6.45) is 11.4. The molecule has 0 unspecified atom stereocenters. The van der Waals surface area contributed by atoms with Gasteiger partial charge in [0.05, 0.1) is 17.4 Å². The number of unbranched alkanes of at least 4 members (excludes halogenated alkanes) is 1. The van der Waals surface area contributed by atoms with Crippen LogP contribution >= 0.6 is 0 Å². The van der Waals surface area contributed by atoms with E-state index in [-0.39, 0.29) is 5.82 Å². The zero-order valence-corrected chi connectivity index (χ0v) is 20.8. The van der Waals surface area contributed by atoms with Gasteiger partial charge in [0.2, 0.25) is 0 Å². The van der Waals surface area contributed by atoms with Crippen molar-refractivity contribution in [3.63, 3.8) is 0 Å². The van der Waals surface area contributed by atoms with Crippen molar-refractivity contribution in [2.24, 2.45) is 0 Å². The zero-order valence-electron chi connectivity index (χ0n) is 20.8. The summed E-state index contributed by atoms with van der Waals surface area (Å²) < 4.78 is 16.5. The monoisotopic (exact) mass is 460 g/mol. The number of aromatic amines is 1. The van der Waals surface area contributed by atoms with Gasteiger partial charge in [0.25, 0.3) is 0 Å². The minimum atomic E-state index is -0.165. The SMILES string of the molecule is CCCCC1(N(C)C)CCC(c2[nH]c3ccc(F)cc3c2CCn2cnc3ccccc32)CC1. The molecule has 0 amide bonds. The molecule has 0 radical (unpaired) electrons. The largest absolute Gasteiger partial charge is 0.358 e. The van der Waals surface area contributed by atoms with Crippen molar-refractivity contribution in [3.8, 4) is 0 Å². The van der Waals surface area contributed by atoms with Crippen LogP contribution in [0.5, 0.6) is 0 Å². The smallest absolute Gasteiger partial charge is 0.123 e. The summed E-state index contributed by atoms with van der Waals surface area (Å²) in [7, 11) is 4.51. The number of nitrogens with zero attached hydrogens (tertiary/aromatic N) is 3. The Morgan fingerprint density at radius 3 is 2.71 bits per heavy atom. The van der Waals surface area contributed by atoms with E-state index in [1.807, 2.05) is 18.5 Å². The summed E-state index contributed by atoms with van der Waals surface area (Å²) in [6.45, 7) is 3.12. The van der Waals surface area contributed by atoms with Crippen LogP contribution in [0.15, 0.2) is 48.8 Å². The topological polar surface area (TPSA) is 36.9 Å². The van der Waals surface area contributed by atoms with Crippen LogP contribution < -0.4 is 0 Å². The predicted octanol–water partition coefficient (Wildman–Crippen LogP) is 7.05. The van der Waals surface area contributed by atoms with Crippen LogP contribution in [0, 0.1) is 5.82 Å². The fourth-order valence-corrected chi connectivity index (χ4v) is 6.15. The summed E-state index contributed by atoms with van der Waals surface area (Å²) in [6, 6.07) is 13.4. The first kappa shape index (κ1) is 23.1. The number of benzene rings is 2. The lowest BCUT2D eigenvalue weighted by Crippen LogP contribution is -2.46. The molecule has 2 heterocycles. The number of fused-ring (bicyclic) bond motifs is 2. The predicted molar refractivity (Wildman–Crippen MR) is 139 cm³/mol. The number of halogens is 1. The molecule has 0 atom stereocenters. The Kier molecular flexibility index (Phi) is 6.48. The molecule has 1 saturated carbocycles. The number of aryl methyl sites for hydroxylation is 2. The Balaban J connectivity index is 1.43. The van der Waals surface area contributed by atoms with Crippen LogP contribution in [0.25, 0.3) is 21.9 Å². The normalized spacial score (nSPS) is 21.1. The first-order chi connectivity index (χ1) is 16.5. The van der Waals surface area contributed by atoms with E-state index in [1.165, 1.54) is 56.2 Å². The Morgan fingerprint density at radius 1 is 1.15 bits per heavy atom. The molecule has 1 aliphatic carbocycles. The standard InChI is InChI=1S/C29H37FN4/c1-4-5-15-29(33(2)3)16-12-21(13-17-29)28-23(24-19-22(30)10-11-25(24)32-28)14-18-34-20-31-26-8-6-7-9-27(26)34/h6-11,19-21,32H,4-5,12-18H2,1-3H3. The van der Waals surface area contributed by atoms with Gasteiger partial charge in [0.1, 0.15) is 5.82 Å². The molecule has 0 saturated heterocycles. The second-order valence-corrected chi connectivity index (χ2v) is 10.4. The molecular formula is C29H37FN4. The molecule has 4 nitrogen and oxygen atoms in total. The Labute approximate surface area is 202 Å². The van der Waals surface area contributed by atoms with Gasteiger partial charge in [-0.05, 0) is 94.4 Å². The Bertz CT molecular complexity index is 1260. The highest BCUT2D eigenvalue weighted by Crippen LogP contribution is 2.44. The van der Waals surface area contributed by atoms with Crippen molar-refractivity contribution in [1.29, 1.82) is 0 Å². The maximum Gasteiger partial charge on any atom is 0.123 e. The lowest BCUT2D eigenvalue weighted by Gasteiger charge is -2.45. The van der Waals surface area contributed by atoms with E-state index in [9.17, 15) is 4.39 Å². The van der Waals surface area contributed by atoms with Gasteiger partial charge >= 0.3 is 0 Å². The van der Waals surface area contributed by atoms with E-state index in [1.54, 1.807) is 12.1 Å². The third-order valence-corrected chi connectivity index (χ3v) is 8.30. The number of para-hydroxylation sites is 2. The quantitative estimate of drug-likeness (QED) is 0.306. The van der Waals surface area contributed by atoms with E-state index in [0.29, 0.717) is 11.5 Å². The van der Waals surface area contributed by atoms with E-state index in [0.717, 1.165) is 34.9 Å². The summed E-state index contributed by atoms with van der Waals surface area (Å²) in [4.78, 5) is 10.8. The number of aromatic nitrogens is 3. The van der Waals surface area contributed by atoms with Gasteiger partial charge in [-0.25, -0.2) is 9.37 Å². The summed E-state index contributed by atoms with van der Waals surface area (Å²) in [5.41, 5.74) is 6.15. The molecule has 2 aromatic carbocycles. The van der Waals surface area contributed by atoms with Crippen LogP contribution in [0.1, 0.15) is 69.0 Å². The van der Waals surface area contributed by atoms with E-state index in [4.69, 9.17) is 0 Å². The molecule has 4 aromatic rings. The molecule has 2 aromatic heterocycles. The summed E-state index contributed by atoms with van der Waals surface area (Å²) >= 11 is 0. The lowest BCUT2D eigenvalue weighted by molar-refractivity contribution is 0.0802. The van der Waals surface area contributed by atoms with Crippen LogP contribution in [-0.4, -0.2) is 39.1 Å². The van der Waals surface area contributed by atoms with Crippen LogP contribution in [-0.2, 0) is 13.0 Å². The van der Waals surface area contributed by atoms with Gasteiger partial charge in [-0.1, -0.05) is 31.9 Å². The van der Waals surface area contributed by atoms with Crippen LogP contribution in [0.4, 0.5) is 4.39 Å². The first-order valence-corrected chi connectivity index (χ1v) is 12.9. The fourth-order valence-electron chi connectivity index (χ4n) is 6.15. The van der Waals surface area contributed by atoms with E-state index in [2.05, 4.69) is 58.7 Å². The number of nitrogens with one attached hydrogen (secondary N) is 1. The fraction of sp³-hybridized carbons (Fsp3) is 0.483. The second-order valence-electron chi connectivity index (χ2n) is 10.4. The molecule has 180 valence electrons. The first-order valence-electron chi connectivity index (χ1n) is 12.9. The molecule has 0 aliphatic heterocycles. The van der Waals surface area contributed by atoms with Crippen molar-refractivity contribution in [3.05, 3.63) is 65.9 Å². The third-order valence-electron chi connectivity index (χ3n) is 8.30. The van der Waals surface area contributed by atoms with Gasteiger partial charge < -0.3 is 14.5 Å². The highest BCUT2D eigenvalue weighted by molar-refractivity contribution is 5.85. The molecule has 0 spiro atoms. The van der Waals surface area contributed by atoms with E-state index < -0.39 is 0 Å².